The van der Waals surface area contributed by atoms with Crippen molar-refractivity contribution >= 4 is 43.5 Å². The second kappa shape index (κ2) is 10.2. The number of rotatable bonds is 4. The van der Waals surface area contributed by atoms with Crippen molar-refractivity contribution < 1.29 is 11.3 Å². The lowest BCUT2D eigenvalue weighted by atomic mass is 10.00. The number of furan rings is 1. The van der Waals surface area contributed by atoms with Crippen LogP contribution >= 0.6 is 0 Å². The number of nitrogens with zero attached hydrogens (tertiary/aromatic N) is 3. The second-order valence-electron chi connectivity index (χ2n) is 10.9. The van der Waals surface area contributed by atoms with Crippen LogP contribution in [0.3, 0.4) is 0 Å². The Hall–Kier alpha value is -6.13. The molecule has 0 spiro atoms. The average molecular weight is 581 g/mol. The summed E-state index contributed by atoms with van der Waals surface area (Å²) >= 11 is 0. The first-order valence-corrected chi connectivity index (χ1v) is 14.6. The fourth-order valence-corrected chi connectivity index (χ4v) is 6.01. The normalized spacial score (nSPS) is 13.1. The molecule has 210 valence electrons. The van der Waals surface area contributed by atoms with Gasteiger partial charge in [-0.1, -0.05) is 133 Å². The van der Waals surface area contributed by atoms with Gasteiger partial charge in [-0.25, -0.2) is 15.0 Å². The van der Waals surface area contributed by atoms with Crippen molar-refractivity contribution in [3.63, 3.8) is 0 Å². The van der Waals surface area contributed by atoms with Crippen LogP contribution in [0.4, 0.5) is 0 Å². The highest BCUT2D eigenvalue weighted by molar-refractivity contribution is 6.10. The Morgan fingerprint density at radius 3 is 1.91 bits per heavy atom. The summed E-state index contributed by atoms with van der Waals surface area (Å²) < 4.78 is 48.0. The molecule has 2 aromatic heterocycles. The minimum atomic E-state index is -0.436. The van der Waals surface area contributed by atoms with Crippen molar-refractivity contribution in [2.45, 2.75) is 0 Å². The summed E-state index contributed by atoms with van der Waals surface area (Å²) in [5.41, 5.74) is 3.95. The molecule has 0 bridgehead atoms. The van der Waals surface area contributed by atoms with Gasteiger partial charge in [-0.15, -0.1) is 0 Å². The van der Waals surface area contributed by atoms with E-state index in [1.807, 2.05) is 72.8 Å². The highest BCUT2D eigenvalue weighted by atomic mass is 16.3. The molecule has 0 aliphatic rings. The van der Waals surface area contributed by atoms with Crippen LogP contribution in [0, 0.1) is 0 Å². The van der Waals surface area contributed by atoms with E-state index in [1.54, 1.807) is 12.1 Å². The van der Waals surface area contributed by atoms with Crippen LogP contribution in [0.5, 0.6) is 0 Å². The molecule has 45 heavy (non-hydrogen) atoms. The van der Waals surface area contributed by atoms with E-state index < -0.39 is 18.1 Å². The SMILES string of the molecule is [2H]c1c([2H])c([2H])c(-c2cccc3c2oc2cc(-c4nc(-c5ccccc5)nc(-c5ccc6ccc7ccccc7c6c5)n4)ccc23)c([2H])c1[2H]. The molecule has 9 aromatic rings. The fourth-order valence-electron chi connectivity index (χ4n) is 6.01. The molecule has 0 fully saturated rings. The minimum absolute atomic E-state index is 0.0960. The first kappa shape index (κ1) is 20.7. The molecule has 4 nitrogen and oxygen atoms in total. The van der Waals surface area contributed by atoms with E-state index in [0.717, 1.165) is 43.4 Å². The molecule has 0 unspecified atom stereocenters. The molecule has 0 N–H and O–H groups in total. The van der Waals surface area contributed by atoms with Gasteiger partial charge in [-0.2, -0.15) is 0 Å². The molecule has 0 radical (unpaired) electrons. The van der Waals surface area contributed by atoms with E-state index in [0.29, 0.717) is 39.8 Å². The Kier molecular flexibility index (Phi) is 4.72. The van der Waals surface area contributed by atoms with Crippen LogP contribution < -0.4 is 0 Å². The van der Waals surface area contributed by atoms with Crippen LogP contribution in [0.25, 0.3) is 88.8 Å². The maximum Gasteiger partial charge on any atom is 0.164 e. The third-order valence-electron chi connectivity index (χ3n) is 8.20. The Morgan fingerprint density at radius 1 is 0.444 bits per heavy atom. The van der Waals surface area contributed by atoms with Gasteiger partial charge in [0.25, 0.3) is 0 Å². The van der Waals surface area contributed by atoms with Crippen LogP contribution in [0.2, 0.25) is 0 Å². The molecule has 9 rings (SSSR count). The summed E-state index contributed by atoms with van der Waals surface area (Å²) in [6.07, 6.45) is 0. The molecule has 0 saturated heterocycles. The van der Waals surface area contributed by atoms with Crippen LogP contribution in [0.15, 0.2) is 156 Å². The van der Waals surface area contributed by atoms with E-state index in [4.69, 9.17) is 26.2 Å². The standard InChI is InChI=1S/C41H25N3O/c1-3-10-26(11-4-1)33-16-9-17-35-34-23-22-31(25-37(34)45-38(33)35)41-43-39(29-13-5-2-6-14-29)42-40(44-41)30-21-20-28-19-18-27-12-7-8-15-32(27)36(28)24-30/h1-25H/i1D,3D,4D,10D,11D. The molecule has 4 heteroatoms. The van der Waals surface area contributed by atoms with Gasteiger partial charge >= 0.3 is 0 Å². The van der Waals surface area contributed by atoms with Gasteiger partial charge in [0.15, 0.2) is 17.5 Å². The molecule has 7 aromatic carbocycles. The number of benzene rings is 7. The summed E-state index contributed by atoms with van der Waals surface area (Å²) in [7, 11) is 0. The average Bonchev–Trinajstić information content (AvgIpc) is 3.55. The number of aromatic nitrogens is 3. The van der Waals surface area contributed by atoms with Crippen molar-refractivity contribution in [1.82, 2.24) is 15.0 Å². The summed E-state index contributed by atoms with van der Waals surface area (Å²) in [6.45, 7) is 0. The van der Waals surface area contributed by atoms with Gasteiger partial charge in [0.1, 0.15) is 11.2 Å². The van der Waals surface area contributed by atoms with Gasteiger partial charge in [-0.05, 0) is 45.3 Å². The molecule has 0 atom stereocenters. The highest BCUT2D eigenvalue weighted by Gasteiger charge is 2.16. The monoisotopic (exact) mass is 580 g/mol. The Labute approximate surface area is 266 Å². The van der Waals surface area contributed by atoms with Gasteiger partial charge in [-0.3, -0.25) is 0 Å². The van der Waals surface area contributed by atoms with Gasteiger partial charge < -0.3 is 4.42 Å². The third kappa shape index (κ3) is 4.35. The van der Waals surface area contributed by atoms with Crippen molar-refractivity contribution in [2.75, 3.05) is 0 Å². The summed E-state index contributed by atoms with van der Waals surface area (Å²) in [5, 5.41) is 6.14. The number of fused-ring (bicyclic) bond motifs is 6. The van der Waals surface area contributed by atoms with Gasteiger partial charge in [0, 0.05) is 33.0 Å². The van der Waals surface area contributed by atoms with Crippen molar-refractivity contribution in [3.05, 3.63) is 152 Å². The summed E-state index contributed by atoms with van der Waals surface area (Å²) in [5.74, 6) is 1.55. The maximum absolute atomic E-state index is 8.56. The second-order valence-corrected chi connectivity index (χ2v) is 10.9. The van der Waals surface area contributed by atoms with Crippen molar-refractivity contribution in [3.8, 4) is 45.3 Å². The molecule has 0 amide bonds. The van der Waals surface area contributed by atoms with E-state index in [1.165, 1.54) is 0 Å². The molecule has 2 heterocycles. The summed E-state index contributed by atoms with van der Waals surface area (Å²) in [4.78, 5) is 14.8. The van der Waals surface area contributed by atoms with Crippen LogP contribution in [-0.4, -0.2) is 15.0 Å². The quantitative estimate of drug-likeness (QED) is 0.194. The predicted octanol–water partition coefficient (Wildman–Crippen LogP) is 10.7. The zero-order valence-corrected chi connectivity index (χ0v) is 23.8. The zero-order valence-electron chi connectivity index (χ0n) is 28.8. The van der Waals surface area contributed by atoms with E-state index in [-0.39, 0.29) is 17.6 Å². The Balaban J connectivity index is 1.23. The predicted molar refractivity (Wildman–Crippen MR) is 184 cm³/mol. The fraction of sp³-hybridized carbons (Fsp3) is 0. The van der Waals surface area contributed by atoms with Gasteiger partial charge in [0.05, 0.1) is 6.85 Å². The van der Waals surface area contributed by atoms with Crippen molar-refractivity contribution in [1.29, 1.82) is 0 Å². The first-order chi connectivity index (χ1) is 24.4. The van der Waals surface area contributed by atoms with Crippen molar-refractivity contribution in [2.24, 2.45) is 0 Å². The van der Waals surface area contributed by atoms with Gasteiger partial charge in [0.2, 0.25) is 0 Å². The summed E-state index contributed by atoms with van der Waals surface area (Å²) in [6, 6.07) is 38.0. The molecular formula is C41H25N3O. The first-order valence-electron chi connectivity index (χ1n) is 17.1. The Morgan fingerprint density at radius 2 is 1.09 bits per heavy atom. The molecular weight excluding hydrogens is 550 g/mol. The topological polar surface area (TPSA) is 51.8 Å². The third-order valence-corrected chi connectivity index (χ3v) is 8.20. The Bertz CT molecular complexity index is 2810. The number of para-hydroxylation sites is 1. The lowest BCUT2D eigenvalue weighted by molar-refractivity contribution is 0.670. The minimum Gasteiger partial charge on any atom is -0.455 e. The number of hydrogen-bond acceptors (Lipinski definition) is 4. The largest absolute Gasteiger partial charge is 0.455 e. The zero-order chi connectivity index (χ0) is 34.1. The molecule has 0 aliphatic heterocycles. The lowest BCUT2D eigenvalue weighted by Crippen LogP contribution is -2.00. The number of hydrogen-bond donors (Lipinski definition) is 0. The van der Waals surface area contributed by atoms with E-state index >= 15 is 0 Å². The van der Waals surface area contributed by atoms with Crippen LogP contribution in [0.1, 0.15) is 6.85 Å². The highest BCUT2D eigenvalue weighted by Crippen LogP contribution is 2.37. The molecule has 0 aliphatic carbocycles. The van der Waals surface area contributed by atoms with E-state index in [9.17, 15) is 0 Å². The smallest absolute Gasteiger partial charge is 0.164 e. The van der Waals surface area contributed by atoms with E-state index in [2.05, 4.69) is 36.4 Å². The molecule has 0 saturated carbocycles. The lowest BCUT2D eigenvalue weighted by Gasteiger charge is -2.10. The van der Waals surface area contributed by atoms with Crippen LogP contribution in [-0.2, 0) is 0 Å². The maximum atomic E-state index is 8.56.